The van der Waals surface area contributed by atoms with Gasteiger partial charge < -0.3 is 9.32 Å². The van der Waals surface area contributed by atoms with Gasteiger partial charge in [-0.05, 0) is 24.6 Å². The fourth-order valence-electron chi connectivity index (χ4n) is 2.87. The van der Waals surface area contributed by atoms with E-state index in [0.29, 0.717) is 36.5 Å². The molecule has 0 saturated heterocycles. The van der Waals surface area contributed by atoms with Crippen molar-refractivity contribution in [2.75, 3.05) is 6.54 Å². The van der Waals surface area contributed by atoms with Gasteiger partial charge in [-0.1, -0.05) is 26.8 Å². The highest BCUT2D eigenvalue weighted by atomic mass is 32.2. The molecule has 2 heterocycles. The van der Waals surface area contributed by atoms with Crippen LogP contribution in [0.2, 0.25) is 0 Å². The van der Waals surface area contributed by atoms with Gasteiger partial charge in [0.1, 0.15) is 11.5 Å². The Morgan fingerprint density at radius 3 is 2.62 bits per heavy atom. The van der Waals surface area contributed by atoms with Crippen LogP contribution < -0.4 is 5.14 Å². The molecule has 0 fully saturated rings. The van der Waals surface area contributed by atoms with Crippen LogP contribution in [0.3, 0.4) is 0 Å². The van der Waals surface area contributed by atoms with Crippen molar-refractivity contribution in [3.63, 3.8) is 0 Å². The van der Waals surface area contributed by atoms with Gasteiger partial charge in [-0.15, -0.1) is 0 Å². The van der Waals surface area contributed by atoms with E-state index in [-0.39, 0.29) is 16.2 Å². The van der Waals surface area contributed by atoms with E-state index in [0.717, 1.165) is 11.5 Å². The minimum atomic E-state index is -3.87. The summed E-state index contributed by atoms with van der Waals surface area (Å²) in [5.41, 5.74) is 1.59. The van der Waals surface area contributed by atoms with Gasteiger partial charge in [0, 0.05) is 23.9 Å². The van der Waals surface area contributed by atoms with Crippen molar-refractivity contribution in [2.45, 2.75) is 51.0 Å². The molecule has 8 heteroatoms. The zero-order valence-corrected chi connectivity index (χ0v) is 16.2. The summed E-state index contributed by atoms with van der Waals surface area (Å²) in [6, 6.07) is 4.34. The van der Waals surface area contributed by atoms with Crippen LogP contribution in [0.1, 0.15) is 54.0 Å². The molecule has 2 aromatic rings. The van der Waals surface area contributed by atoms with Crippen LogP contribution in [-0.4, -0.2) is 30.8 Å². The molecule has 2 N–H and O–H groups in total. The largest absolute Gasteiger partial charge is 0.445 e. The smallest absolute Gasteiger partial charge is 0.254 e. The number of hydrogen-bond acceptors (Lipinski definition) is 5. The molecule has 0 spiro atoms. The van der Waals surface area contributed by atoms with E-state index in [9.17, 15) is 13.2 Å². The Labute approximate surface area is 153 Å². The Morgan fingerprint density at radius 2 is 2.00 bits per heavy atom. The lowest BCUT2D eigenvalue weighted by molar-refractivity contribution is 0.0726. The second kappa shape index (κ2) is 6.21. The Bertz CT molecular complexity index is 971. The van der Waals surface area contributed by atoms with Crippen LogP contribution >= 0.6 is 0 Å². The molecule has 7 nitrogen and oxygen atoms in total. The standard InChI is InChI=1S/C18H23N3O4S/c1-11-5-6-12(26(19,23)24)9-13(11)16(22)21-8-7-15-14(10-21)20-17(25-15)18(2,3)4/h5-6,9H,7-8,10H2,1-4H3,(H2,19,23,24). The summed E-state index contributed by atoms with van der Waals surface area (Å²) in [4.78, 5) is 19.1. The lowest BCUT2D eigenvalue weighted by atomic mass is 9.97. The fourth-order valence-corrected chi connectivity index (χ4v) is 3.41. The molecule has 1 aliphatic rings. The first-order valence-corrected chi connectivity index (χ1v) is 9.93. The van der Waals surface area contributed by atoms with Gasteiger partial charge in [0.05, 0.1) is 11.4 Å². The predicted molar refractivity (Wildman–Crippen MR) is 96.2 cm³/mol. The highest BCUT2D eigenvalue weighted by Crippen LogP contribution is 2.28. The Morgan fingerprint density at radius 1 is 1.31 bits per heavy atom. The molecule has 0 saturated carbocycles. The van der Waals surface area contributed by atoms with Crippen molar-refractivity contribution in [2.24, 2.45) is 5.14 Å². The Hall–Kier alpha value is -2.19. The number of primary sulfonamides is 1. The second-order valence-corrected chi connectivity index (χ2v) is 9.20. The molecule has 0 radical (unpaired) electrons. The quantitative estimate of drug-likeness (QED) is 0.863. The predicted octanol–water partition coefficient (Wildman–Crippen LogP) is 2.13. The number of carbonyl (C=O) groups is 1. The van der Waals surface area contributed by atoms with Crippen molar-refractivity contribution in [1.29, 1.82) is 0 Å². The van der Waals surface area contributed by atoms with E-state index in [2.05, 4.69) is 4.98 Å². The van der Waals surface area contributed by atoms with Gasteiger partial charge in [-0.2, -0.15) is 0 Å². The number of amides is 1. The van der Waals surface area contributed by atoms with E-state index in [4.69, 9.17) is 9.56 Å². The number of nitrogens with zero attached hydrogens (tertiary/aromatic N) is 2. The first-order valence-electron chi connectivity index (χ1n) is 8.38. The van der Waals surface area contributed by atoms with Gasteiger partial charge in [0.15, 0.2) is 5.89 Å². The van der Waals surface area contributed by atoms with Crippen LogP contribution in [-0.2, 0) is 28.4 Å². The van der Waals surface area contributed by atoms with Crippen LogP contribution in [0.25, 0.3) is 0 Å². The molecule has 0 bridgehead atoms. The zero-order valence-electron chi connectivity index (χ0n) is 15.4. The number of carbonyl (C=O) groups excluding carboxylic acids is 1. The zero-order chi connectivity index (χ0) is 19.3. The normalized spacial score (nSPS) is 15.0. The first kappa shape index (κ1) is 18.6. The molecule has 1 aliphatic heterocycles. The van der Waals surface area contributed by atoms with Gasteiger partial charge in [0.2, 0.25) is 10.0 Å². The summed E-state index contributed by atoms with van der Waals surface area (Å²) in [6.45, 7) is 8.67. The van der Waals surface area contributed by atoms with E-state index < -0.39 is 10.0 Å². The fraction of sp³-hybridized carbons (Fsp3) is 0.444. The number of aryl methyl sites for hydroxylation is 1. The highest BCUT2D eigenvalue weighted by Gasteiger charge is 2.30. The highest BCUT2D eigenvalue weighted by molar-refractivity contribution is 7.89. The molecule has 0 unspecified atom stereocenters. The first-order chi connectivity index (χ1) is 12.0. The van der Waals surface area contributed by atoms with E-state index in [1.807, 2.05) is 20.8 Å². The summed E-state index contributed by atoms with van der Waals surface area (Å²) in [5, 5.41) is 5.19. The Kier molecular flexibility index (Phi) is 4.44. The third-order valence-corrected chi connectivity index (χ3v) is 5.34. The van der Waals surface area contributed by atoms with Crippen LogP contribution in [0, 0.1) is 6.92 Å². The summed E-state index contributed by atoms with van der Waals surface area (Å²) in [5.74, 6) is 1.23. The van der Waals surface area contributed by atoms with Gasteiger partial charge in [-0.25, -0.2) is 18.5 Å². The molecule has 26 heavy (non-hydrogen) atoms. The summed E-state index contributed by atoms with van der Waals surface area (Å²) in [6.07, 6.45) is 0.581. The molecule has 1 aromatic heterocycles. The Balaban J connectivity index is 1.90. The van der Waals surface area contributed by atoms with Crippen LogP contribution in [0.5, 0.6) is 0 Å². The topological polar surface area (TPSA) is 106 Å². The lowest BCUT2D eigenvalue weighted by Gasteiger charge is -2.26. The number of rotatable bonds is 2. The molecule has 140 valence electrons. The average molecular weight is 377 g/mol. The molecular weight excluding hydrogens is 354 g/mol. The number of hydrogen-bond donors (Lipinski definition) is 1. The minimum absolute atomic E-state index is 0.0689. The van der Waals surface area contributed by atoms with E-state index in [1.54, 1.807) is 17.9 Å². The van der Waals surface area contributed by atoms with Crippen molar-refractivity contribution in [3.05, 3.63) is 46.7 Å². The maximum absolute atomic E-state index is 12.9. The second-order valence-electron chi connectivity index (χ2n) is 7.64. The van der Waals surface area contributed by atoms with E-state index in [1.165, 1.54) is 12.1 Å². The van der Waals surface area contributed by atoms with E-state index >= 15 is 0 Å². The number of aromatic nitrogens is 1. The van der Waals surface area contributed by atoms with Crippen molar-refractivity contribution < 1.29 is 17.6 Å². The molecule has 0 aliphatic carbocycles. The lowest BCUT2D eigenvalue weighted by Crippen LogP contribution is -2.36. The molecule has 1 aromatic carbocycles. The average Bonchev–Trinajstić information content (AvgIpc) is 2.97. The number of benzene rings is 1. The van der Waals surface area contributed by atoms with Gasteiger partial charge in [0.25, 0.3) is 5.91 Å². The summed E-state index contributed by atoms with van der Waals surface area (Å²) >= 11 is 0. The maximum Gasteiger partial charge on any atom is 0.254 e. The number of nitrogens with two attached hydrogens (primary N) is 1. The number of sulfonamides is 1. The SMILES string of the molecule is Cc1ccc(S(N)(=O)=O)cc1C(=O)N1CCc2oc(C(C)(C)C)nc2C1. The number of oxazole rings is 1. The van der Waals surface area contributed by atoms with Crippen molar-refractivity contribution in [1.82, 2.24) is 9.88 Å². The molecular formula is C18H23N3O4S. The monoisotopic (exact) mass is 377 g/mol. The number of fused-ring (bicyclic) bond motifs is 1. The summed E-state index contributed by atoms with van der Waals surface area (Å²) < 4.78 is 29.0. The maximum atomic E-state index is 12.9. The molecule has 1 amide bonds. The van der Waals surface area contributed by atoms with Gasteiger partial charge >= 0.3 is 0 Å². The van der Waals surface area contributed by atoms with Crippen molar-refractivity contribution in [3.8, 4) is 0 Å². The molecule has 3 rings (SSSR count). The third-order valence-electron chi connectivity index (χ3n) is 4.42. The van der Waals surface area contributed by atoms with Gasteiger partial charge in [-0.3, -0.25) is 4.79 Å². The molecule has 0 atom stereocenters. The van der Waals surface area contributed by atoms with Crippen molar-refractivity contribution >= 4 is 15.9 Å². The van der Waals surface area contributed by atoms with Crippen LogP contribution in [0.4, 0.5) is 0 Å². The summed E-state index contributed by atoms with van der Waals surface area (Å²) in [7, 11) is -3.87. The third kappa shape index (κ3) is 3.52. The van der Waals surface area contributed by atoms with Crippen LogP contribution in [0.15, 0.2) is 27.5 Å². The minimum Gasteiger partial charge on any atom is -0.445 e.